The first kappa shape index (κ1) is 22.8. The summed E-state index contributed by atoms with van der Waals surface area (Å²) in [4.78, 5) is 25.7. The number of carbonyl (C=O) groups excluding carboxylic acids is 2. The lowest BCUT2D eigenvalue weighted by Crippen LogP contribution is -2.37. The second kappa shape index (κ2) is 8.84. The molecule has 0 bridgehead atoms. The van der Waals surface area contributed by atoms with Crippen LogP contribution in [0.2, 0.25) is 0 Å². The summed E-state index contributed by atoms with van der Waals surface area (Å²) >= 11 is 3.29. The number of sulfonamides is 1. The first-order valence-electron chi connectivity index (χ1n) is 9.76. The van der Waals surface area contributed by atoms with Crippen molar-refractivity contribution in [3.63, 3.8) is 0 Å². The van der Waals surface area contributed by atoms with E-state index in [4.69, 9.17) is 9.15 Å². The summed E-state index contributed by atoms with van der Waals surface area (Å²) in [6.45, 7) is 1.61. The van der Waals surface area contributed by atoms with E-state index in [1.54, 1.807) is 37.3 Å². The zero-order valence-corrected chi connectivity index (χ0v) is 20.0. The van der Waals surface area contributed by atoms with Gasteiger partial charge in [0.25, 0.3) is 15.9 Å². The first-order chi connectivity index (χ1) is 15.7. The van der Waals surface area contributed by atoms with Crippen LogP contribution in [0.25, 0.3) is 11.0 Å². The molecule has 0 unspecified atom stereocenters. The lowest BCUT2D eigenvalue weighted by Gasteiger charge is -2.23. The van der Waals surface area contributed by atoms with Crippen molar-refractivity contribution in [1.29, 1.82) is 0 Å². The van der Waals surface area contributed by atoms with Gasteiger partial charge < -0.3 is 9.15 Å². The van der Waals surface area contributed by atoms with Gasteiger partial charge in [-0.1, -0.05) is 34.1 Å². The quantitative estimate of drug-likeness (QED) is 0.325. The number of hydrogen-bond donors (Lipinski definition) is 0. The number of esters is 1. The van der Waals surface area contributed by atoms with Gasteiger partial charge in [0.15, 0.2) is 0 Å². The van der Waals surface area contributed by atoms with Crippen molar-refractivity contribution >= 4 is 54.5 Å². The minimum Gasteiger partial charge on any atom is -0.465 e. The van der Waals surface area contributed by atoms with Crippen LogP contribution in [-0.4, -0.2) is 27.4 Å². The Labute approximate surface area is 198 Å². The number of hydrogen-bond acceptors (Lipinski definition) is 6. The van der Waals surface area contributed by atoms with Crippen molar-refractivity contribution in [2.45, 2.75) is 11.8 Å². The topological polar surface area (TPSA) is 93.9 Å². The molecule has 9 heteroatoms. The molecule has 7 nitrogen and oxygen atoms in total. The molecule has 0 N–H and O–H groups in total. The molecule has 1 amide bonds. The number of rotatable bonds is 5. The van der Waals surface area contributed by atoms with Gasteiger partial charge in [-0.25, -0.2) is 13.2 Å². The van der Waals surface area contributed by atoms with Crippen LogP contribution in [0.5, 0.6) is 0 Å². The number of ether oxygens (including phenoxy) is 1. The van der Waals surface area contributed by atoms with Gasteiger partial charge in [-0.15, -0.1) is 0 Å². The Hall–Kier alpha value is -3.43. The molecule has 0 spiro atoms. The molecule has 3 aromatic carbocycles. The monoisotopic (exact) mass is 527 g/mol. The Bertz CT molecular complexity index is 1460. The number of fused-ring (bicyclic) bond motifs is 1. The third-order valence-electron chi connectivity index (χ3n) is 5.03. The highest BCUT2D eigenvalue weighted by molar-refractivity contribution is 9.10. The highest BCUT2D eigenvalue weighted by Gasteiger charge is 2.33. The molecule has 0 aliphatic carbocycles. The highest BCUT2D eigenvalue weighted by atomic mass is 79.9. The number of methoxy groups -OCH3 is 1. The van der Waals surface area contributed by atoms with E-state index in [-0.39, 0.29) is 21.7 Å². The van der Waals surface area contributed by atoms with Crippen LogP contribution in [0.3, 0.4) is 0 Å². The van der Waals surface area contributed by atoms with Gasteiger partial charge in [-0.2, -0.15) is 4.31 Å². The average Bonchev–Trinajstić information content (AvgIpc) is 3.14. The van der Waals surface area contributed by atoms with E-state index in [1.165, 1.54) is 49.6 Å². The second-order valence-corrected chi connectivity index (χ2v) is 9.80. The summed E-state index contributed by atoms with van der Waals surface area (Å²) in [5.74, 6) is -1.04. The normalized spacial score (nSPS) is 11.4. The van der Waals surface area contributed by atoms with E-state index in [0.29, 0.717) is 21.2 Å². The maximum Gasteiger partial charge on any atom is 0.342 e. The fourth-order valence-electron chi connectivity index (χ4n) is 3.47. The lowest BCUT2D eigenvalue weighted by atomic mass is 10.1. The third kappa shape index (κ3) is 4.17. The summed E-state index contributed by atoms with van der Waals surface area (Å²) in [5, 5.41) is 0.341. The Morgan fingerprint density at radius 3 is 2.27 bits per heavy atom. The van der Waals surface area contributed by atoms with Gasteiger partial charge in [0.05, 0.1) is 17.7 Å². The van der Waals surface area contributed by atoms with Crippen LogP contribution in [-0.2, 0) is 14.8 Å². The maximum atomic E-state index is 13.6. The van der Waals surface area contributed by atoms with E-state index in [0.717, 1.165) is 4.31 Å². The molecule has 4 aromatic rings. The van der Waals surface area contributed by atoms with E-state index in [1.807, 2.05) is 0 Å². The molecule has 1 aromatic heterocycles. The second-order valence-electron chi connectivity index (χ2n) is 7.10. The van der Waals surface area contributed by atoms with Gasteiger partial charge >= 0.3 is 5.97 Å². The molecule has 0 saturated carbocycles. The van der Waals surface area contributed by atoms with Crippen LogP contribution < -0.4 is 4.31 Å². The van der Waals surface area contributed by atoms with E-state index in [9.17, 15) is 18.0 Å². The van der Waals surface area contributed by atoms with Crippen LogP contribution in [0.4, 0.5) is 5.69 Å². The predicted molar refractivity (Wildman–Crippen MR) is 127 cm³/mol. The van der Waals surface area contributed by atoms with Crippen molar-refractivity contribution in [3.05, 3.63) is 94.2 Å². The van der Waals surface area contributed by atoms with Gasteiger partial charge in [0, 0.05) is 15.4 Å². The van der Waals surface area contributed by atoms with Crippen molar-refractivity contribution in [3.8, 4) is 0 Å². The Morgan fingerprint density at radius 2 is 1.64 bits per heavy atom. The van der Waals surface area contributed by atoms with Gasteiger partial charge in [-0.3, -0.25) is 4.79 Å². The summed E-state index contributed by atoms with van der Waals surface area (Å²) in [6, 6.07) is 18.5. The smallest absolute Gasteiger partial charge is 0.342 e. The number of carbonyl (C=O) groups is 2. The molecular weight excluding hydrogens is 510 g/mol. The van der Waals surface area contributed by atoms with Crippen molar-refractivity contribution in [2.75, 3.05) is 11.4 Å². The van der Waals surface area contributed by atoms with Crippen molar-refractivity contribution in [2.24, 2.45) is 0 Å². The number of halogens is 1. The molecule has 0 atom stereocenters. The van der Waals surface area contributed by atoms with Gasteiger partial charge in [0.1, 0.15) is 16.9 Å². The van der Waals surface area contributed by atoms with Crippen molar-refractivity contribution in [1.82, 2.24) is 0 Å². The van der Waals surface area contributed by atoms with Crippen LogP contribution >= 0.6 is 15.9 Å². The number of furan rings is 1. The van der Waals surface area contributed by atoms with E-state index in [2.05, 4.69) is 15.9 Å². The lowest BCUT2D eigenvalue weighted by molar-refractivity contribution is 0.0600. The molecule has 0 aliphatic heterocycles. The fourth-order valence-corrected chi connectivity index (χ4v) is 5.14. The summed E-state index contributed by atoms with van der Waals surface area (Å²) in [5.41, 5.74) is 0.785. The first-order valence-corrected chi connectivity index (χ1v) is 12.0. The number of benzene rings is 3. The van der Waals surface area contributed by atoms with E-state index >= 15 is 0 Å². The van der Waals surface area contributed by atoms with Crippen LogP contribution in [0.1, 0.15) is 26.5 Å². The summed E-state index contributed by atoms with van der Waals surface area (Å²) < 4.78 is 39.2. The van der Waals surface area contributed by atoms with Gasteiger partial charge in [0.2, 0.25) is 0 Å². The molecule has 0 radical (unpaired) electrons. The zero-order chi connectivity index (χ0) is 23.8. The van der Waals surface area contributed by atoms with Crippen molar-refractivity contribution < 1.29 is 27.2 Å². The molecule has 1 heterocycles. The Kier molecular flexibility index (Phi) is 6.09. The predicted octanol–water partition coefficient (Wildman–Crippen LogP) is 5.33. The number of amides is 1. The SMILES string of the molecule is COC(=O)c1c(C)oc2ccc(N(C(=O)c3ccccc3)S(=O)(=O)c3ccc(Br)cc3)cc12. The molecule has 168 valence electrons. The van der Waals surface area contributed by atoms with E-state index < -0.39 is 21.9 Å². The molecule has 4 rings (SSSR count). The average molecular weight is 528 g/mol. The summed E-state index contributed by atoms with van der Waals surface area (Å²) in [6.07, 6.45) is 0. The number of nitrogens with zero attached hydrogens (tertiary/aromatic N) is 1. The minimum atomic E-state index is -4.30. The van der Waals surface area contributed by atoms with Crippen LogP contribution in [0, 0.1) is 6.92 Å². The molecular formula is C24H18BrNO6S. The third-order valence-corrected chi connectivity index (χ3v) is 7.28. The standard InChI is InChI=1S/C24H18BrNO6S/c1-15-22(24(28)31-2)20-14-18(10-13-21(20)32-15)26(23(27)16-6-4-3-5-7-16)33(29,30)19-11-8-17(25)9-12-19/h3-14H,1-2H3. The molecule has 0 fully saturated rings. The summed E-state index contributed by atoms with van der Waals surface area (Å²) in [7, 11) is -3.06. The Balaban J connectivity index is 1.95. The largest absolute Gasteiger partial charge is 0.465 e. The minimum absolute atomic E-state index is 0.0604. The van der Waals surface area contributed by atoms with Crippen LogP contribution in [0.15, 0.2) is 86.6 Å². The fraction of sp³-hybridized carbons (Fsp3) is 0.0833. The number of anilines is 1. The number of aryl methyl sites for hydroxylation is 1. The molecule has 0 saturated heterocycles. The molecule has 0 aliphatic rings. The zero-order valence-electron chi connectivity index (χ0n) is 17.6. The van der Waals surface area contributed by atoms with Gasteiger partial charge in [-0.05, 0) is 61.5 Å². The molecule has 33 heavy (non-hydrogen) atoms. The Morgan fingerprint density at radius 1 is 0.970 bits per heavy atom. The maximum absolute atomic E-state index is 13.6. The highest BCUT2D eigenvalue weighted by Crippen LogP contribution is 2.33.